The Morgan fingerprint density at radius 1 is 1.37 bits per heavy atom. The number of carbonyl (C=O) groups is 1. The molecule has 3 nitrogen and oxygen atoms in total. The number of hydrogen-bond donors (Lipinski definition) is 1. The third-order valence-electron chi connectivity index (χ3n) is 4.14. The summed E-state index contributed by atoms with van der Waals surface area (Å²) in [6.45, 7) is 1.86. The molecule has 1 aromatic carbocycles. The summed E-state index contributed by atoms with van der Waals surface area (Å²) in [6, 6.07) is 6.39. The van der Waals surface area contributed by atoms with Gasteiger partial charge in [0.15, 0.2) is 5.78 Å². The quantitative estimate of drug-likeness (QED) is 0.845. The van der Waals surface area contributed by atoms with E-state index in [0.717, 1.165) is 37.3 Å². The van der Waals surface area contributed by atoms with Gasteiger partial charge in [0, 0.05) is 24.4 Å². The molecule has 1 atom stereocenters. The fraction of sp³-hybridized carbons (Fsp3) is 0.562. The predicted molar refractivity (Wildman–Crippen MR) is 74.8 cm³/mol. The van der Waals surface area contributed by atoms with Crippen LogP contribution in [-0.2, 0) is 6.42 Å². The molecule has 1 N–H and O–H groups in total. The zero-order valence-corrected chi connectivity index (χ0v) is 11.3. The van der Waals surface area contributed by atoms with Crippen LogP contribution in [0.25, 0.3) is 0 Å². The first-order chi connectivity index (χ1) is 9.33. The Balaban J connectivity index is 1.57. The van der Waals surface area contributed by atoms with Crippen LogP contribution in [0, 0.1) is 0 Å². The lowest BCUT2D eigenvalue weighted by Gasteiger charge is -2.23. The number of ketones is 1. The van der Waals surface area contributed by atoms with Crippen molar-refractivity contribution in [2.24, 2.45) is 0 Å². The maximum absolute atomic E-state index is 12.2. The third-order valence-corrected chi connectivity index (χ3v) is 4.14. The van der Waals surface area contributed by atoms with Gasteiger partial charge in [0.1, 0.15) is 5.75 Å². The first-order valence-electron chi connectivity index (χ1n) is 7.35. The summed E-state index contributed by atoms with van der Waals surface area (Å²) in [6.07, 6.45) is 6.33. The van der Waals surface area contributed by atoms with Crippen molar-refractivity contribution in [3.05, 3.63) is 29.3 Å². The van der Waals surface area contributed by atoms with Crippen molar-refractivity contribution in [2.75, 3.05) is 13.2 Å². The predicted octanol–water partition coefficient (Wildman–Crippen LogP) is 2.73. The van der Waals surface area contributed by atoms with Crippen LogP contribution in [0.5, 0.6) is 5.75 Å². The van der Waals surface area contributed by atoms with Crippen molar-refractivity contribution >= 4 is 5.78 Å². The monoisotopic (exact) mass is 259 g/mol. The van der Waals surface area contributed by atoms with Crippen LogP contribution < -0.4 is 10.1 Å². The van der Waals surface area contributed by atoms with Gasteiger partial charge in [-0.15, -0.1) is 0 Å². The van der Waals surface area contributed by atoms with Gasteiger partial charge in [-0.25, -0.2) is 0 Å². The molecule has 19 heavy (non-hydrogen) atoms. The van der Waals surface area contributed by atoms with Gasteiger partial charge in [-0.1, -0.05) is 6.42 Å². The third kappa shape index (κ3) is 2.98. The molecule has 1 fully saturated rings. The van der Waals surface area contributed by atoms with Gasteiger partial charge in [-0.3, -0.25) is 4.79 Å². The average molecular weight is 259 g/mol. The molecule has 0 saturated carbocycles. The van der Waals surface area contributed by atoms with Crippen molar-refractivity contribution in [1.29, 1.82) is 0 Å². The minimum atomic E-state index is 0.266. The Morgan fingerprint density at radius 3 is 3.16 bits per heavy atom. The van der Waals surface area contributed by atoms with Crippen molar-refractivity contribution in [2.45, 2.75) is 44.6 Å². The number of Topliss-reactive ketones (excluding diaryl/α,β-unsaturated/α-hetero) is 1. The molecule has 2 aliphatic rings. The number of ether oxygens (including phenoxy) is 1. The molecule has 2 heterocycles. The van der Waals surface area contributed by atoms with Crippen LogP contribution >= 0.6 is 0 Å². The maximum Gasteiger partial charge on any atom is 0.162 e. The minimum absolute atomic E-state index is 0.266. The molecule has 0 radical (unpaired) electrons. The normalized spacial score (nSPS) is 21.8. The second-order valence-corrected chi connectivity index (χ2v) is 5.53. The highest BCUT2D eigenvalue weighted by Gasteiger charge is 2.17. The van der Waals surface area contributed by atoms with Crippen LogP contribution in [0.1, 0.15) is 48.0 Å². The number of nitrogens with one attached hydrogen (secondary N) is 1. The molecule has 0 bridgehead atoms. The fourth-order valence-electron chi connectivity index (χ4n) is 2.98. The smallest absolute Gasteiger partial charge is 0.162 e. The Bertz CT molecular complexity index is 464. The molecular weight excluding hydrogens is 238 g/mol. The second-order valence-electron chi connectivity index (χ2n) is 5.53. The molecule has 3 rings (SSSR count). The first-order valence-corrected chi connectivity index (χ1v) is 7.35. The largest absolute Gasteiger partial charge is 0.493 e. The number of rotatable bonds is 4. The van der Waals surface area contributed by atoms with Crippen molar-refractivity contribution in [1.82, 2.24) is 5.32 Å². The number of hydrogen-bond acceptors (Lipinski definition) is 3. The summed E-state index contributed by atoms with van der Waals surface area (Å²) in [5.41, 5.74) is 2.03. The van der Waals surface area contributed by atoms with Crippen molar-refractivity contribution in [3.8, 4) is 5.75 Å². The molecule has 0 amide bonds. The molecule has 3 heteroatoms. The first kappa shape index (κ1) is 12.7. The lowest BCUT2D eigenvalue weighted by atomic mass is 9.96. The Morgan fingerprint density at radius 2 is 2.32 bits per heavy atom. The highest BCUT2D eigenvalue weighted by Crippen LogP contribution is 2.26. The second kappa shape index (κ2) is 5.74. The van der Waals surface area contributed by atoms with Crippen LogP contribution in [0.4, 0.5) is 0 Å². The van der Waals surface area contributed by atoms with Crippen molar-refractivity contribution in [3.63, 3.8) is 0 Å². The van der Waals surface area contributed by atoms with E-state index < -0.39 is 0 Å². The molecule has 1 saturated heterocycles. The van der Waals surface area contributed by atoms with Crippen molar-refractivity contribution < 1.29 is 9.53 Å². The van der Waals surface area contributed by atoms with Crippen LogP contribution in [0.3, 0.4) is 0 Å². The molecular formula is C16H21NO2. The summed E-state index contributed by atoms with van der Waals surface area (Å²) in [4.78, 5) is 12.2. The van der Waals surface area contributed by atoms with E-state index in [1.54, 1.807) is 0 Å². The topological polar surface area (TPSA) is 38.3 Å². The zero-order chi connectivity index (χ0) is 13.1. The van der Waals surface area contributed by atoms with Crippen LogP contribution in [-0.4, -0.2) is 25.0 Å². The van der Waals surface area contributed by atoms with E-state index in [1.165, 1.54) is 24.8 Å². The van der Waals surface area contributed by atoms with E-state index in [-0.39, 0.29) is 5.78 Å². The number of fused-ring (bicyclic) bond motifs is 1. The summed E-state index contributed by atoms with van der Waals surface area (Å²) >= 11 is 0. The van der Waals surface area contributed by atoms with Gasteiger partial charge in [0.05, 0.1) is 6.61 Å². The summed E-state index contributed by atoms with van der Waals surface area (Å²) < 4.78 is 5.47. The van der Waals surface area contributed by atoms with E-state index >= 15 is 0 Å². The lowest BCUT2D eigenvalue weighted by molar-refractivity contribution is 0.0974. The number of carbonyl (C=O) groups excluding carboxylic acids is 1. The van der Waals surface area contributed by atoms with Gasteiger partial charge in [-0.05, 0) is 49.6 Å². The zero-order valence-electron chi connectivity index (χ0n) is 11.3. The molecule has 0 aromatic heterocycles. The highest BCUT2D eigenvalue weighted by molar-refractivity contribution is 5.96. The number of benzene rings is 1. The molecule has 102 valence electrons. The minimum Gasteiger partial charge on any atom is -0.493 e. The van der Waals surface area contributed by atoms with Gasteiger partial charge in [0.25, 0.3) is 0 Å². The molecule has 1 aromatic rings. The van der Waals surface area contributed by atoms with E-state index in [4.69, 9.17) is 4.74 Å². The Hall–Kier alpha value is -1.35. The standard InChI is InChI=1S/C16H21NO2/c18-15(6-5-14-3-1-2-9-17-14)12-4-7-16-13(11-12)8-10-19-16/h4,7,11,14,17H,1-3,5-6,8-10H2. The molecule has 0 spiro atoms. The Labute approximate surface area is 114 Å². The lowest BCUT2D eigenvalue weighted by Crippen LogP contribution is -2.34. The summed E-state index contributed by atoms with van der Waals surface area (Å²) in [7, 11) is 0. The number of piperidine rings is 1. The Kier molecular flexibility index (Phi) is 3.83. The van der Waals surface area contributed by atoms with Gasteiger partial charge in [0.2, 0.25) is 0 Å². The highest BCUT2D eigenvalue weighted by atomic mass is 16.5. The fourth-order valence-corrected chi connectivity index (χ4v) is 2.98. The SMILES string of the molecule is O=C(CCC1CCCCN1)c1ccc2c(c1)CCO2. The maximum atomic E-state index is 12.2. The van der Waals surface area contributed by atoms with Crippen LogP contribution in [0.15, 0.2) is 18.2 Å². The van der Waals surface area contributed by atoms with E-state index in [2.05, 4.69) is 5.32 Å². The van der Waals surface area contributed by atoms with Crippen LogP contribution in [0.2, 0.25) is 0 Å². The van der Waals surface area contributed by atoms with Gasteiger partial charge < -0.3 is 10.1 Å². The van der Waals surface area contributed by atoms with E-state index in [0.29, 0.717) is 12.5 Å². The van der Waals surface area contributed by atoms with Gasteiger partial charge in [-0.2, -0.15) is 0 Å². The molecule has 2 aliphatic heterocycles. The van der Waals surface area contributed by atoms with E-state index in [1.807, 2.05) is 18.2 Å². The summed E-state index contributed by atoms with van der Waals surface area (Å²) in [5, 5.41) is 3.50. The average Bonchev–Trinajstić information content (AvgIpc) is 2.93. The molecule has 0 aliphatic carbocycles. The molecule has 1 unspecified atom stereocenters. The summed E-state index contributed by atoms with van der Waals surface area (Å²) in [5.74, 6) is 1.22. The van der Waals surface area contributed by atoms with E-state index in [9.17, 15) is 4.79 Å². The van der Waals surface area contributed by atoms with Gasteiger partial charge >= 0.3 is 0 Å².